The van der Waals surface area contributed by atoms with E-state index in [9.17, 15) is 13.2 Å². The van der Waals surface area contributed by atoms with Crippen molar-refractivity contribution in [2.24, 2.45) is 5.92 Å². The summed E-state index contributed by atoms with van der Waals surface area (Å²) in [5, 5.41) is 3.01. The van der Waals surface area contributed by atoms with Crippen LogP contribution in [-0.2, 0) is 16.4 Å². The van der Waals surface area contributed by atoms with E-state index in [0.717, 1.165) is 19.3 Å². The zero-order chi connectivity index (χ0) is 20.0. The summed E-state index contributed by atoms with van der Waals surface area (Å²) in [7, 11) is -3.23. The maximum absolute atomic E-state index is 12.5. The molecule has 0 aliphatic carbocycles. The summed E-state index contributed by atoms with van der Waals surface area (Å²) < 4.78 is 25.9. The Balaban J connectivity index is 1.58. The van der Waals surface area contributed by atoms with Crippen molar-refractivity contribution < 1.29 is 13.2 Å². The standard InChI is InChI=1S/C22H28N2O3S/c1-2-18(16-19-8-4-3-5-9-19)17-23-22(25)20-10-12-21(13-11-20)24-14-6-7-15-28(24,26)27/h3-5,8-13,18H,2,6-7,14-17H2,1H3,(H,23,25)/t18-/m0/s1. The minimum absolute atomic E-state index is 0.125. The molecule has 1 amide bonds. The molecule has 3 rings (SSSR count). The lowest BCUT2D eigenvalue weighted by Gasteiger charge is -2.28. The minimum Gasteiger partial charge on any atom is -0.352 e. The maximum Gasteiger partial charge on any atom is 0.251 e. The second-order valence-corrected chi connectivity index (χ2v) is 9.33. The number of rotatable bonds is 7. The van der Waals surface area contributed by atoms with Gasteiger partial charge in [-0.15, -0.1) is 0 Å². The monoisotopic (exact) mass is 400 g/mol. The zero-order valence-electron chi connectivity index (χ0n) is 16.3. The number of amides is 1. The summed E-state index contributed by atoms with van der Waals surface area (Å²) in [5.74, 6) is 0.443. The van der Waals surface area contributed by atoms with Crippen LogP contribution < -0.4 is 9.62 Å². The van der Waals surface area contributed by atoms with Crippen LogP contribution >= 0.6 is 0 Å². The highest BCUT2D eigenvalue weighted by Gasteiger charge is 2.26. The number of carbonyl (C=O) groups excluding carboxylic acids is 1. The van der Waals surface area contributed by atoms with Gasteiger partial charge in [0.15, 0.2) is 0 Å². The lowest BCUT2D eigenvalue weighted by Crippen LogP contribution is -2.37. The first-order valence-electron chi connectivity index (χ1n) is 9.92. The lowest BCUT2D eigenvalue weighted by molar-refractivity contribution is 0.0946. The molecule has 0 radical (unpaired) electrons. The van der Waals surface area contributed by atoms with E-state index in [0.29, 0.717) is 36.7 Å². The van der Waals surface area contributed by atoms with Crippen molar-refractivity contribution >= 4 is 21.6 Å². The van der Waals surface area contributed by atoms with Crippen LogP contribution in [0.1, 0.15) is 42.1 Å². The Kier molecular flexibility index (Phi) is 6.73. The summed E-state index contributed by atoms with van der Waals surface area (Å²) in [6.07, 6.45) is 3.49. The highest BCUT2D eigenvalue weighted by atomic mass is 32.2. The SMILES string of the molecule is CC[C@H](CNC(=O)c1ccc(N2CCCCS2(=O)=O)cc1)Cc1ccccc1. The predicted molar refractivity (Wildman–Crippen MR) is 113 cm³/mol. The Morgan fingerprint density at radius 3 is 2.43 bits per heavy atom. The minimum atomic E-state index is -3.23. The van der Waals surface area contributed by atoms with Crippen LogP contribution in [0.25, 0.3) is 0 Å². The molecular formula is C22H28N2O3S. The highest BCUT2D eigenvalue weighted by Crippen LogP contribution is 2.23. The van der Waals surface area contributed by atoms with Crippen molar-refractivity contribution in [3.8, 4) is 0 Å². The molecule has 28 heavy (non-hydrogen) atoms. The molecule has 1 aliphatic rings. The summed E-state index contributed by atoms with van der Waals surface area (Å²) in [6.45, 7) is 3.26. The van der Waals surface area contributed by atoms with E-state index >= 15 is 0 Å². The number of benzene rings is 2. The van der Waals surface area contributed by atoms with Crippen molar-refractivity contribution in [2.75, 3.05) is 23.1 Å². The first-order valence-corrected chi connectivity index (χ1v) is 11.5. The third-order valence-corrected chi connectivity index (χ3v) is 7.13. The van der Waals surface area contributed by atoms with Gasteiger partial charge in [-0.2, -0.15) is 0 Å². The largest absolute Gasteiger partial charge is 0.352 e. The Hall–Kier alpha value is -2.34. The highest BCUT2D eigenvalue weighted by molar-refractivity contribution is 7.92. The van der Waals surface area contributed by atoms with Crippen molar-refractivity contribution in [3.05, 3.63) is 65.7 Å². The molecule has 0 bridgehead atoms. The van der Waals surface area contributed by atoms with E-state index in [2.05, 4.69) is 24.4 Å². The van der Waals surface area contributed by atoms with Crippen LogP contribution in [-0.4, -0.2) is 33.2 Å². The first kappa shape index (κ1) is 20.4. The lowest BCUT2D eigenvalue weighted by atomic mass is 9.97. The molecule has 6 heteroatoms. The van der Waals surface area contributed by atoms with E-state index in [-0.39, 0.29) is 11.7 Å². The van der Waals surface area contributed by atoms with Gasteiger partial charge in [-0.25, -0.2) is 8.42 Å². The predicted octanol–water partition coefficient (Wildman–Crippen LogP) is 3.62. The molecule has 150 valence electrons. The molecule has 2 aromatic rings. The van der Waals surface area contributed by atoms with E-state index in [1.165, 1.54) is 9.87 Å². The average molecular weight is 401 g/mol. The molecule has 1 heterocycles. The van der Waals surface area contributed by atoms with Gasteiger partial charge in [0, 0.05) is 18.7 Å². The van der Waals surface area contributed by atoms with Gasteiger partial charge in [-0.3, -0.25) is 9.10 Å². The van der Waals surface area contributed by atoms with Crippen LogP contribution in [0.5, 0.6) is 0 Å². The summed E-state index contributed by atoms with van der Waals surface area (Å²) >= 11 is 0. The topological polar surface area (TPSA) is 66.5 Å². The van der Waals surface area contributed by atoms with Crippen LogP contribution in [0.4, 0.5) is 5.69 Å². The third kappa shape index (κ3) is 5.13. The molecular weight excluding hydrogens is 372 g/mol. The van der Waals surface area contributed by atoms with Gasteiger partial charge in [0.1, 0.15) is 0 Å². The summed E-state index contributed by atoms with van der Waals surface area (Å²) in [6, 6.07) is 17.1. The summed E-state index contributed by atoms with van der Waals surface area (Å²) in [5.41, 5.74) is 2.45. The van der Waals surface area contributed by atoms with E-state index in [1.807, 2.05) is 18.2 Å². The third-order valence-electron chi connectivity index (χ3n) is 5.26. The van der Waals surface area contributed by atoms with Gasteiger partial charge in [0.05, 0.1) is 11.4 Å². The second-order valence-electron chi connectivity index (χ2n) is 7.32. The van der Waals surface area contributed by atoms with Crippen LogP contribution in [0, 0.1) is 5.92 Å². The second kappa shape index (κ2) is 9.24. The van der Waals surface area contributed by atoms with Gasteiger partial charge in [0.25, 0.3) is 5.91 Å². The first-order chi connectivity index (χ1) is 13.5. The van der Waals surface area contributed by atoms with E-state index < -0.39 is 10.0 Å². The average Bonchev–Trinajstić information content (AvgIpc) is 2.71. The van der Waals surface area contributed by atoms with Gasteiger partial charge >= 0.3 is 0 Å². The molecule has 1 aliphatic heterocycles. The number of hydrogen-bond acceptors (Lipinski definition) is 3. The van der Waals surface area contributed by atoms with Gasteiger partial charge in [-0.1, -0.05) is 43.7 Å². The molecule has 0 aromatic heterocycles. The van der Waals surface area contributed by atoms with Crippen molar-refractivity contribution in [1.82, 2.24) is 5.32 Å². The molecule has 0 spiro atoms. The maximum atomic E-state index is 12.5. The molecule has 5 nitrogen and oxygen atoms in total. The van der Waals surface area contributed by atoms with Crippen LogP contribution in [0.3, 0.4) is 0 Å². The van der Waals surface area contributed by atoms with E-state index in [1.54, 1.807) is 24.3 Å². The summed E-state index contributed by atoms with van der Waals surface area (Å²) in [4.78, 5) is 12.5. The fourth-order valence-electron chi connectivity index (χ4n) is 3.51. The molecule has 1 saturated heterocycles. The van der Waals surface area contributed by atoms with Crippen molar-refractivity contribution in [2.45, 2.75) is 32.6 Å². The Morgan fingerprint density at radius 1 is 1.07 bits per heavy atom. The number of anilines is 1. The Morgan fingerprint density at radius 2 is 1.79 bits per heavy atom. The van der Waals surface area contributed by atoms with E-state index in [4.69, 9.17) is 0 Å². The molecule has 1 atom stereocenters. The van der Waals surface area contributed by atoms with Crippen LogP contribution in [0.2, 0.25) is 0 Å². The van der Waals surface area contributed by atoms with Crippen LogP contribution in [0.15, 0.2) is 54.6 Å². The fourth-order valence-corrected chi connectivity index (χ4v) is 5.14. The zero-order valence-corrected chi connectivity index (χ0v) is 17.1. The van der Waals surface area contributed by atoms with Crippen molar-refractivity contribution in [3.63, 3.8) is 0 Å². The number of nitrogens with one attached hydrogen (secondary N) is 1. The Bertz CT molecular complexity index is 880. The fraction of sp³-hybridized carbons (Fsp3) is 0.409. The normalized spacial score (nSPS) is 17.1. The number of nitrogens with zero attached hydrogens (tertiary/aromatic N) is 1. The number of sulfonamides is 1. The number of carbonyl (C=O) groups is 1. The molecule has 1 N–H and O–H groups in total. The van der Waals surface area contributed by atoms with Gasteiger partial charge in [0.2, 0.25) is 10.0 Å². The molecule has 1 fully saturated rings. The molecule has 2 aromatic carbocycles. The van der Waals surface area contributed by atoms with Gasteiger partial charge < -0.3 is 5.32 Å². The van der Waals surface area contributed by atoms with Gasteiger partial charge in [-0.05, 0) is 55.0 Å². The molecule has 0 unspecified atom stereocenters. The smallest absolute Gasteiger partial charge is 0.251 e. The number of hydrogen-bond donors (Lipinski definition) is 1. The Labute approximate surface area is 167 Å². The molecule has 0 saturated carbocycles. The quantitative estimate of drug-likeness (QED) is 0.772. The van der Waals surface area contributed by atoms with Crippen molar-refractivity contribution in [1.29, 1.82) is 0 Å².